The van der Waals surface area contributed by atoms with Crippen LogP contribution in [-0.4, -0.2) is 37.4 Å². The first kappa shape index (κ1) is 21.4. The molecule has 0 aromatic heterocycles. The summed E-state index contributed by atoms with van der Waals surface area (Å²) in [5, 5.41) is 11.5. The van der Waals surface area contributed by atoms with Crippen molar-refractivity contribution in [1.29, 1.82) is 0 Å². The predicted molar refractivity (Wildman–Crippen MR) is 118 cm³/mol. The number of nitrogens with one attached hydrogen (secondary N) is 4. The van der Waals surface area contributed by atoms with Gasteiger partial charge >= 0.3 is 0 Å². The van der Waals surface area contributed by atoms with Crippen LogP contribution in [0.3, 0.4) is 0 Å². The highest BCUT2D eigenvalue weighted by Crippen LogP contribution is 2.18. The molecule has 0 bridgehead atoms. The fourth-order valence-corrected chi connectivity index (χ4v) is 3.56. The van der Waals surface area contributed by atoms with E-state index < -0.39 is 0 Å². The van der Waals surface area contributed by atoms with Crippen LogP contribution in [-0.2, 0) is 4.79 Å². The Morgan fingerprint density at radius 2 is 1.50 bits per heavy atom. The van der Waals surface area contributed by atoms with Gasteiger partial charge in [-0.3, -0.25) is 14.4 Å². The highest BCUT2D eigenvalue weighted by Gasteiger charge is 2.16. The summed E-state index contributed by atoms with van der Waals surface area (Å²) >= 11 is 0. The molecule has 4 N–H and O–H groups in total. The number of benzene rings is 2. The van der Waals surface area contributed by atoms with Gasteiger partial charge in [-0.25, -0.2) is 0 Å². The lowest BCUT2D eigenvalue weighted by molar-refractivity contribution is -0.114. The van der Waals surface area contributed by atoms with Crippen molar-refractivity contribution in [3.8, 4) is 0 Å². The van der Waals surface area contributed by atoms with Gasteiger partial charge < -0.3 is 21.3 Å². The van der Waals surface area contributed by atoms with Gasteiger partial charge in [0.2, 0.25) is 5.91 Å². The Bertz CT molecular complexity index is 907. The van der Waals surface area contributed by atoms with Gasteiger partial charge in [0, 0.05) is 35.6 Å². The maximum atomic E-state index is 12.5. The lowest BCUT2D eigenvalue weighted by Gasteiger charge is -2.22. The van der Waals surface area contributed by atoms with Crippen LogP contribution in [0.2, 0.25) is 0 Å². The molecule has 0 saturated heterocycles. The Labute approximate surface area is 176 Å². The molecule has 1 fully saturated rings. The normalized spacial score (nSPS) is 13.9. The molecular weight excluding hydrogens is 380 g/mol. The molecule has 7 nitrogen and oxygen atoms in total. The summed E-state index contributed by atoms with van der Waals surface area (Å²) in [6, 6.07) is 14.1. The summed E-state index contributed by atoms with van der Waals surface area (Å²) in [6.45, 7) is 0.0396. The zero-order valence-corrected chi connectivity index (χ0v) is 17.2. The maximum absolute atomic E-state index is 12.5. The monoisotopic (exact) mass is 408 g/mol. The molecule has 2 aromatic rings. The van der Waals surface area contributed by atoms with Gasteiger partial charge in [-0.1, -0.05) is 31.4 Å². The van der Waals surface area contributed by atoms with E-state index >= 15 is 0 Å². The largest absolute Gasteiger partial charge is 0.376 e. The van der Waals surface area contributed by atoms with E-state index in [1.807, 2.05) is 6.07 Å². The molecule has 3 amide bonds. The molecule has 0 unspecified atom stereocenters. The summed E-state index contributed by atoms with van der Waals surface area (Å²) in [7, 11) is 1.56. The molecule has 3 rings (SSSR count). The molecule has 0 aliphatic heterocycles. The molecule has 30 heavy (non-hydrogen) atoms. The number of carbonyl (C=O) groups excluding carboxylic acids is 3. The minimum absolute atomic E-state index is 0.0396. The smallest absolute Gasteiger partial charge is 0.251 e. The van der Waals surface area contributed by atoms with Gasteiger partial charge in [0.05, 0.1) is 6.54 Å². The molecule has 7 heteroatoms. The first-order valence-corrected chi connectivity index (χ1v) is 10.3. The average molecular weight is 409 g/mol. The van der Waals surface area contributed by atoms with Crippen molar-refractivity contribution in [3.63, 3.8) is 0 Å². The molecule has 1 aliphatic rings. The van der Waals surface area contributed by atoms with Gasteiger partial charge in [-0.05, 0) is 49.2 Å². The van der Waals surface area contributed by atoms with Gasteiger partial charge in [0.1, 0.15) is 0 Å². The zero-order chi connectivity index (χ0) is 21.3. The Morgan fingerprint density at radius 1 is 0.867 bits per heavy atom. The van der Waals surface area contributed by atoms with Crippen molar-refractivity contribution >= 4 is 29.1 Å². The standard InChI is InChI=1S/C23H28N4O3/c1-24-22(29)16-7-6-12-20(14-16)26-21(28)15-25-19-11-5-8-17(13-19)23(30)27-18-9-3-2-4-10-18/h5-8,11-14,18,25H,2-4,9-10,15H2,1H3,(H,24,29)(H,26,28)(H,27,30). The van der Waals surface area contributed by atoms with Crippen LogP contribution in [0.5, 0.6) is 0 Å². The van der Waals surface area contributed by atoms with Crippen molar-refractivity contribution in [2.45, 2.75) is 38.1 Å². The van der Waals surface area contributed by atoms with Gasteiger partial charge in [-0.15, -0.1) is 0 Å². The van der Waals surface area contributed by atoms with Crippen LogP contribution in [0.15, 0.2) is 48.5 Å². The Balaban J connectivity index is 1.53. The van der Waals surface area contributed by atoms with E-state index in [9.17, 15) is 14.4 Å². The molecule has 0 spiro atoms. The van der Waals surface area contributed by atoms with Crippen molar-refractivity contribution in [2.75, 3.05) is 24.2 Å². The molecule has 0 heterocycles. The number of hydrogen-bond acceptors (Lipinski definition) is 4. The molecule has 158 valence electrons. The SMILES string of the molecule is CNC(=O)c1cccc(NC(=O)CNc2cccc(C(=O)NC3CCCCC3)c2)c1. The first-order valence-electron chi connectivity index (χ1n) is 10.3. The molecular formula is C23H28N4O3. The summed E-state index contributed by atoms with van der Waals surface area (Å²) in [4.78, 5) is 36.5. The van der Waals surface area contributed by atoms with Crippen LogP contribution >= 0.6 is 0 Å². The van der Waals surface area contributed by atoms with Crippen LogP contribution in [0.1, 0.15) is 52.8 Å². The van der Waals surface area contributed by atoms with E-state index in [2.05, 4.69) is 21.3 Å². The topological polar surface area (TPSA) is 99.3 Å². The van der Waals surface area contributed by atoms with Crippen molar-refractivity contribution in [1.82, 2.24) is 10.6 Å². The fourth-order valence-electron chi connectivity index (χ4n) is 3.56. The highest BCUT2D eigenvalue weighted by atomic mass is 16.2. The van der Waals surface area contributed by atoms with E-state index in [-0.39, 0.29) is 30.3 Å². The van der Waals surface area contributed by atoms with Crippen molar-refractivity contribution in [3.05, 3.63) is 59.7 Å². The number of carbonyl (C=O) groups is 3. The third-order valence-corrected chi connectivity index (χ3v) is 5.15. The summed E-state index contributed by atoms with van der Waals surface area (Å²) in [6.07, 6.45) is 5.63. The predicted octanol–water partition coefficient (Wildman–Crippen LogP) is 3.16. The average Bonchev–Trinajstić information content (AvgIpc) is 2.78. The molecule has 2 aromatic carbocycles. The third kappa shape index (κ3) is 6.07. The second-order valence-electron chi connectivity index (χ2n) is 7.45. The minimum Gasteiger partial charge on any atom is -0.376 e. The third-order valence-electron chi connectivity index (χ3n) is 5.15. The number of amides is 3. The van der Waals surface area contributed by atoms with Crippen molar-refractivity contribution < 1.29 is 14.4 Å². The van der Waals surface area contributed by atoms with E-state index in [0.29, 0.717) is 22.5 Å². The molecule has 0 atom stereocenters. The quantitative estimate of drug-likeness (QED) is 0.565. The maximum Gasteiger partial charge on any atom is 0.251 e. The van der Waals surface area contributed by atoms with Gasteiger partial charge in [0.15, 0.2) is 0 Å². The summed E-state index contributed by atoms with van der Waals surface area (Å²) in [5.74, 6) is -0.547. The Kier molecular flexibility index (Phi) is 7.43. The molecule has 0 radical (unpaired) electrons. The lowest BCUT2D eigenvalue weighted by atomic mass is 9.95. The first-order chi connectivity index (χ1) is 14.5. The van der Waals surface area contributed by atoms with Crippen LogP contribution in [0.25, 0.3) is 0 Å². The fraction of sp³-hybridized carbons (Fsp3) is 0.348. The van der Waals surface area contributed by atoms with E-state index in [4.69, 9.17) is 0 Å². The number of rotatable bonds is 7. The summed E-state index contributed by atoms with van der Waals surface area (Å²) in [5.41, 5.74) is 2.29. The summed E-state index contributed by atoms with van der Waals surface area (Å²) < 4.78 is 0. The van der Waals surface area contributed by atoms with Crippen molar-refractivity contribution in [2.24, 2.45) is 0 Å². The van der Waals surface area contributed by atoms with E-state index in [1.165, 1.54) is 6.42 Å². The Morgan fingerprint density at radius 3 is 2.20 bits per heavy atom. The molecule has 1 aliphatic carbocycles. The van der Waals surface area contributed by atoms with Crippen LogP contribution < -0.4 is 21.3 Å². The number of hydrogen-bond donors (Lipinski definition) is 4. The van der Waals surface area contributed by atoms with E-state index in [1.54, 1.807) is 49.5 Å². The van der Waals surface area contributed by atoms with E-state index in [0.717, 1.165) is 25.7 Å². The minimum atomic E-state index is -0.249. The van der Waals surface area contributed by atoms with Crippen LogP contribution in [0, 0.1) is 0 Å². The van der Waals surface area contributed by atoms with Gasteiger partial charge in [-0.2, -0.15) is 0 Å². The Hall–Kier alpha value is -3.35. The van der Waals surface area contributed by atoms with Gasteiger partial charge in [0.25, 0.3) is 11.8 Å². The number of anilines is 2. The highest BCUT2D eigenvalue weighted by molar-refractivity contribution is 5.98. The molecule has 1 saturated carbocycles. The zero-order valence-electron chi connectivity index (χ0n) is 17.2. The second-order valence-corrected chi connectivity index (χ2v) is 7.45. The second kappa shape index (κ2) is 10.4. The lowest BCUT2D eigenvalue weighted by Crippen LogP contribution is -2.36. The van der Waals surface area contributed by atoms with Crippen LogP contribution in [0.4, 0.5) is 11.4 Å².